The molecule has 3 rings (SSSR count). The lowest BCUT2D eigenvalue weighted by atomic mass is 10.1. The van der Waals surface area contributed by atoms with Gasteiger partial charge in [-0.2, -0.15) is 0 Å². The number of nitrogens with one attached hydrogen (secondary N) is 1. The topological polar surface area (TPSA) is 68.2 Å². The predicted octanol–water partition coefficient (Wildman–Crippen LogP) is 3.46. The zero-order valence-corrected chi connectivity index (χ0v) is 18.2. The van der Waals surface area contributed by atoms with Gasteiger partial charge >= 0.3 is 0 Å². The zero-order chi connectivity index (χ0) is 21.9. The Hall–Kier alpha value is -2.71. The van der Waals surface area contributed by atoms with Crippen LogP contribution in [0.1, 0.15) is 18.9 Å². The van der Waals surface area contributed by atoms with Crippen LogP contribution in [-0.4, -0.2) is 62.4 Å². The van der Waals surface area contributed by atoms with E-state index in [9.17, 15) is 4.39 Å². The summed E-state index contributed by atoms with van der Waals surface area (Å²) in [5.41, 5.74) is 0.987. The van der Waals surface area contributed by atoms with Crippen molar-refractivity contribution in [2.75, 3.05) is 46.6 Å². The second-order valence-corrected chi connectivity index (χ2v) is 7.40. The van der Waals surface area contributed by atoms with Crippen molar-refractivity contribution in [3.63, 3.8) is 0 Å². The van der Waals surface area contributed by atoms with Crippen LogP contribution in [0.25, 0.3) is 0 Å². The molecule has 1 aromatic carbocycles. The van der Waals surface area contributed by atoms with Crippen LogP contribution in [0, 0.1) is 11.7 Å². The summed E-state index contributed by atoms with van der Waals surface area (Å²) in [6.45, 7) is 7.31. The van der Waals surface area contributed by atoms with Crippen molar-refractivity contribution in [2.45, 2.75) is 19.9 Å². The number of methoxy groups -OCH3 is 1. The molecule has 0 radical (unpaired) electrons. The van der Waals surface area contributed by atoms with Crippen LogP contribution in [0.2, 0.25) is 0 Å². The van der Waals surface area contributed by atoms with Crippen LogP contribution in [0.15, 0.2) is 47.6 Å². The van der Waals surface area contributed by atoms with Gasteiger partial charge in [0, 0.05) is 44.9 Å². The number of guanidine groups is 1. The predicted molar refractivity (Wildman–Crippen MR) is 118 cm³/mol. The van der Waals surface area contributed by atoms with E-state index in [0.717, 1.165) is 44.2 Å². The first kappa shape index (κ1) is 23.0. The van der Waals surface area contributed by atoms with Crippen molar-refractivity contribution >= 4 is 5.96 Å². The number of rotatable bonds is 10. The summed E-state index contributed by atoms with van der Waals surface area (Å²) in [6, 6.07) is 9.60. The summed E-state index contributed by atoms with van der Waals surface area (Å²) in [6.07, 6.45) is 2.84. The Bertz CT molecular complexity index is 815. The normalized spacial score (nSPS) is 16.5. The Labute approximate surface area is 183 Å². The number of halogens is 1. The van der Waals surface area contributed by atoms with Gasteiger partial charge in [0.2, 0.25) is 5.88 Å². The zero-order valence-electron chi connectivity index (χ0n) is 18.2. The van der Waals surface area contributed by atoms with Gasteiger partial charge in [0.25, 0.3) is 0 Å². The third-order valence-corrected chi connectivity index (χ3v) is 4.95. The Balaban J connectivity index is 1.52. The maximum atomic E-state index is 13.0. The summed E-state index contributed by atoms with van der Waals surface area (Å²) in [5, 5.41) is 3.38. The molecule has 1 N–H and O–H groups in total. The van der Waals surface area contributed by atoms with Crippen LogP contribution in [0.4, 0.5) is 4.39 Å². The molecular weight excluding hydrogens is 399 g/mol. The molecule has 31 heavy (non-hydrogen) atoms. The molecule has 1 aromatic heterocycles. The number of hydrogen-bond donors (Lipinski definition) is 1. The second-order valence-electron chi connectivity index (χ2n) is 7.40. The van der Waals surface area contributed by atoms with E-state index in [1.54, 1.807) is 31.5 Å². The molecule has 8 heteroatoms. The first-order valence-corrected chi connectivity index (χ1v) is 10.7. The van der Waals surface area contributed by atoms with Gasteiger partial charge in [-0.25, -0.2) is 14.4 Å². The van der Waals surface area contributed by atoms with E-state index >= 15 is 0 Å². The molecule has 1 saturated heterocycles. The lowest BCUT2D eigenvalue weighted by Gasteiger charge is -2.21. The van der Waals surface area contributed by atoms with Crippen molar-refractivity contribution in [1.29, 1.82) is 0 Å². The fraction of sp³-hybridized carbons (Fsp3) is 0.478. The monoisotopic (exact) mass is 430 g/mol. The van der Waals surface area contributed by atoms with Crippen LogP contribution in [-0.2, 0) is 16.0 Å². The minimum absolute atomic E-state index is 0.298. The number of benzene rings is 1. The lowest BCUT2D eigenvalue weighted by molar-refractivity contribution is 0.0536. The second kappa shape index (κ2) is 12.2. The molecule has 2 aromatic rings. The van der Waals surface area contributed by atoms with Gasteiger partial charge in [-0.1, -0.05) is 6.07 Å². The highest BCUT2D eigenvalue weighted by atomic mass is 19.1. The largest absolute Gasteiger partial charge is 0.439 e. The van der Waals surface area contributed by atoms with Gasteiger partial charge in [-0.15, -0.1) is 0 Å². The first-order chi connectivity index (χ1) is 15.2. The highest BCUT2D eigenvalue weighted by molar-refractivity contribution is 5.80. The molecule has 7 nitrogen and oxygen atoms in total. The fourth-order valence-electron chi connectivity index (χ4n) is 3.33. The number of aliphatic imine (C=N–C) groups is 1. The van der Waals surface area contributed by atoms with E-state index in [-0.39, 0.29) is 5.82 Å². The Morgan fingerprint density at radius 1 is 1.23 bits per heavy atom. The lowest BCUT2D eigenvalue weighted by Crippen LogP contribution is -2.40. The molecule has 1 atom stereocenters. The molecule has 1 fully saturated rings. The number of pyridine rings is 1. The number of aromatic nitrogens is 1. The number of nitrogens with zero attached hydrogens (tertiary/aromatic N) is 3. The van der Waals surface area contributed by atoms with Crippen molar-refractivity contribution in [2.24, 2.45) is 10.9 Å². The third kappa shape index (κ3) is 7.48. The third-order valence-electron chi connectivity index (χ3n) is 4.95. The summed E-state index contributed by atoms with van der Waals surface area (Å²) in [7, 11) is 1.68. The standard InChI is InChI=1S/C23H31FN4O3/c1-3-25-23(28-11-10-19(16-28)17-30-13-12-29-2)27-15-18-4-9-22(26-14-18)31-21-7-5-20(24)6-8-21/h4-9,14,19H,3,10-13,15-17H2,1-2H3,(H,25,27). The maximum absolute atomic E-state index is 13.0. The van der Waals surface area contributed by atoms with Crippen molar-refractivity contribution in [3.05, 3.63) is 54.0 Å². The fourth-order valence-corrected chi connectivity index (χ4v) is 3.33. The van der Waals surface area contributed by atoms with E-state index in [4.69, 9.17) is 19.2 Å². The van der Waals surface area contributed by atoms with Gasteiger partial charge in [0.1, 0.15) is 11.6 Å². The van der Waals surface area contributed by atoms with Crippen molar-refractivity contribution in [3.8, 4) is 11.6 Å². The summed E-state index contributed by atoms with van der Waals surface area (Å²) >= 11 is 0. The van der Waals surface area contributed by atoms with Crippen LogP contribution in [0.5, 0.6) is 11.6 Å². The molecule has 0 amide bonds. The van der Waals surface area contributed by atoms with E-state index in [1.807, 2.05) is 6.07 Å². The van der Waals surface area contributed by atoms with E-state index in [1.165, 1.54) is 12.1 Å². The highest BCUT2D eigenvalue weighted by Crippen LogP contribution is 2.20. The molecule has 0 saturated carbocycles. The average Bonchev–Trinajstić information content (AvgIpc) is 3.25. The van der Waals surface area contributed by atoms with Crippen molar-refractivity contribution < 1.29 is 18.6 Å². The van der Waals surface area contributed by atoms with E-state index in [2.05, 4.69) is 22.1 Å². The van der Waals surface area contributed by atoms with E-state index in [0.29, 0.717) is 37.3 Å². The van der Waals surface area contributed by atoms with Gasteiger partial charge in [0.05, 0.1) is 26.4 Å². The number of likely N-dealkylation sites (tertiary alicyclic amines) is 1. The number of ether oxygens (including phenoxy) is 3. The highest BCUT2D eigenvalue weighted by Gasteiger charge is 2.24. The Kier molecular flexibility index (Phi) is 9.05. The molecule has 168 valence electrons. The average molecular weight is 431 g/mol. The summed E-state index contributed by atoms with van der Waals surface area (Å²) in [4.78, 5) is 11.4. The minimum atomic E-state index is -0.298. The SMILES string of the molecule is CCNC(=NCc1ccc(Oc2ccc(F)cc2)nc1)N1CCC(COCCOC)C1. The Morgan fingerprint density at radius 3 is 2.77 bits per heavy atom. The summed E-state index contributed by atoms with van der Waals surface area (Å²) in [5.74, 6) is 2.12. The summed E-state index contributed by atoms with van der Waals surface area (Å²) < 4.78 is 29.3. The van der Waals surface area contributed by atoms with E-state index < -0.39 is 0 Å². The molecule has 0 aliphatic carbocycles. The molecule has 1 unspecified atom stereocenters. The van der Waals surface area contributed by atoms with Gasteiger partial charge in [-0.3, -0.25) is 0 Å². The Morgan fingerprint density at radius 2 is 2.06 bits per heavy atom. The van der Waals surface area contributed by atoms with Crippen LogP contribution < -0.4 is 10.1 Å². The molecule has 1 aliphatic rings. The van der Waals surface area contributed by atoms with Gasteiger partial charge in [0.15, 0.2) is 5.96 Å². The molecule has 1 aliphatic heterocycles. The van der Waals surface area contributed by atoms with Crippen LogP contribution in [0.3, 0.4) is 0 Å². The van der Waals surface area contributed by atoms with Gasteiger partial charge < -0.3 is 24.4 Å². The molecule has 0 spiro atoms. The maximum Gasteiger partial charge on any atom is 0.219 e. The smallest absolute Gasteiger partial charge is 0.219 e. The van der Waals surface area contributed by atoms with Gasteiger partial charge in [-0.05, 0) is 43.2 Å². The molecule has 2 heterocycles. The number of hydrogen-bond acceptors (Lipinski definition) is 5. The first-order valence-electron chi connectivity index (χ1n) is 10.7. The molecular formula is C23H31FN4O3. The minimum Gasteiger partial charge on any atom is -0.439 e. The van der Waals surface area contributed by atoms with Crippen molar-refractivity contribution in [1.82, 2.24) is 15.2 Å². The molecule has 0 bridgehead atoms. The quantitative estimate of drug-likeness (QED) is 0.354. The van der Waals surface area contributed by atoms with Crippen LogP contribution >= 0.6 is 0 Å².